The molecule has 2 N–H and O–H groups in total. The fourth-order valence-electron chi connectivity index (χ4n) is 3.41. The molecule has 1 fully saturated rings. The Morgan fingerprint density at radius 2 is 2.29 bits per heavy atom. The summed E-state index contributed by atoms with van der Waals surface area (Å²) in [6.07, 6.45) is 7.37. The van der Waals surface area contributed by atoms with Gasteiger partial charge < -0.3 is 15.0 Å². The van der Waals surface area contributed by atoms with Crippen LogP contribution in [0.5, 0.6) is 0 Å². The number of carboxylic acid groups (broad SMARTS) is 1. The number of benzene rings is 1. The molecule has 6 heteroatoms. The van der Waals surface area contributed by atoms with E-state index >= 15 is 0 Å². The Hall–Kier alpha value is -2.63. The highest BCUT2D eigenvalue weighted by Gasteiger charge is 2.48. The number of rotatable bonds is 5. The van der Waals surface area contributed by atoms with Crippen LogP contribution in [0.15, 0.2) is 43.0 Å². The van der Waals surface area contributed by atoms with Gasteiger partial charge in [0.15, 0.2) is 0 Å². The van der Waals surface area contributed by atoms with Gasteiger partial charge in [0, 0.05) is 24.5 Å². The molecule has 1 saturated carbocycles. The first-order chi connectivity index (χ1) is 11.5. The van der Waals surface area contributed by atoms with Crippen molar-refractivity contribution in [1.82, 2.24) is 14.9 Å². The molecule has 0 bridgehead atoms. The van der Waals surface area contributed by atoms with Crippen LogP contribution in [0.25, 0.3) is 0 Å². The zero-order valence-corrected chi connectivity index (χ0v) is 13.6. The van der Waals surface area contributed by atoms with Crippen LogP contribution in [0, 0.1) is 5.92 Å². The summed E-state index contributed by atoms with van der Waals surface area (Å²) in [7, 11) is 0. The van der Waals surface area contributed by atoms with Crippen molar-refractivity contribution in [1.29, 1.82) is 0 Å². The van der Waals surface area contributed by atoms with Gasteiger partial charge in [-0.3, -0.25) is 4.79 Å². The van der Waals surface area contributed by atoms with E-state index in [2.05, 4.69) is 10.3 Å². The van der Waals surface area contributed by atoms with Gasteiger partial charge in [0.2, 0.25) is 0 Å². The van der Waals surface area contributed by atoms with E-state index in [0.29, 0.717) is 18.5 Å². The minimum absolute atomic E-state index is 0.0759. The van der Waals surface area contributed by atoms with E-state index in [9.17, 15) is 14.7 Å². The van der Waals surface area contributed by atoms with E-state index in [-0.39, 0.29) is 11.8 Å². The number of imidazole rings is 1. The number of carbonyl (C=O) groups excluding carboxylic acids is 1. The normalized spacial score (nSPS) is 23.1. The van der Waals surface area contributed by atoms with Gasteiger partial charge in [-0.15, -0.1) is 0 Å². The number of nitrogens with one attached hydrogen (secondary N) is 1. The number of carboxylic acids is 1. The van der Waals surface area contributed by atoms with Crippen molar-refractivity contribution in [3.8, 4) is 0 Å². The Labute approximate surface area is 140 Å². The third kappa shape index (κ3) is 3.04. The maximum atomic E-state index is 12.6. The molecule has 1 amide bonds. The molecule has 0 aliphatic heterocycles. The van der Waals surface area contributed by atoms with Gasteiger partial charge in [-0.1, -0.05) is 25.5 Å². The molecule has 0 spiro atoms. The molecule has 1 aromatic heterocycles. The number of aliphatic carboxylic acids is 1. The van der Waals surface area contributed by atoms with Crippen LogP contribution in [-0.2, 0) is 11.3 Å². The van der Waals surface area contributed by atoms with Gasteiger partial charge in [-0.2, -0.15) is 0 Å². The minimum Gasteiger partial charge on any atom is -0.479 e. The number of amides is 1. The van der Waals surface area contributed by atoms with Crippen LogP contribution in [-0.4, -0.2) is 32.1 Å². The average molecular weight is 327 g/mol. The summed E-state index contributed by atoms with van der Waals surface area (Å²) in [4.78, 5) is 28.4. The highest BCUT2D eigenvalue weighted by atomic mass is 16.4. The van der Waals surface area contributed by atoms with Crippen LogP contribution in [0.4, 0.5) is 0 Å². The first-order valence-corrected chi connectivity index (χ1v) is 8.12. The maximum absolute atomic E-state index is 12.6. The zero-order chi connectivity index (χ0) is 17.2. The van der Waals surface area contributed by atoms with Crippen molar-refractivity contribution in [2.45, 2.75) is 38.3 Å². The average Bonchev–Trinajstić information content (AvgIpc) is 3.18. The molecule has 2 atom stereocenters. The number of hydrogen-bond donors (Lipinski definition) is 2. The lowest BCUT2D eigenvalue weighted by atomic mass is 9.88. The monoisotopic (exact) mass is 327 g/mol. The lowest BCUT2D eigenvalue weighted by Crippen LogP contribution is -2.56. The van der Waals surface area contributed by atoms with Crippen LogP contribution < -0.4 is 5.32 Å². The Bertz CT molecular complexity index is 742. The molecule has 6 nitrogen and oxygen atoms in total. The molecular weight excluding hydrogens is 306 g/mol. The van der Waals surface area contributed by atoms with Crippen molar-refractivity contribution in [2.24, 2.45) is 5.92 Å². The number of hydrogen-bond acceptors (Lipinski definition) is 3. The van der Waals surface area contributed by atoms with E-state index in [1.165, 1.54) is 0 Å². The van der Waals surface area contributed by atoms with Crippen molar-refractivity contribution in [2.75, 3.05) is 0 Å². The Balaban J connectivity index is 1.78. The van der Waals surface area contributed by atoms with Crippen LogP contribution >= 0.6 is 0 Å². The van der Waals surface area contributed by atoms with Crippen molar-refractivity contribution in [3.63, 3.8) is 0 Å². The lowest BCUT2D eigenvalue weighted by molar-refractivity contribution is -0.145. The molecule has 126 valence electrons. The van der Waals surface area contributed by atoms with Crippen molar-refractivity contribution in [3.05, 3.63) is 54.1 Å². The standard InChI is InChI=1S/C18H21N3O3/c1-13-4-3-7-18(13,17(23)24)20-16(22)15-6-2-5-14(10-15)11-21-9-8-19-12-21/h2,5-6,8-10,12-13H,3-4,7,11H2,1H3,(H,20,22)(H,23,24). The third-order valence-electron chi connectivity index (χ3n) is 4.88. The Kier molecular flexibility index (Phi) is 4.38. The molecule has 3 rings (SSSR count). The molecule has 2 aromatic rings. The number of carbonyl (C=O) groups is 2. The summed E-state index contributed by atoms with van der Waals surface area (Å²) in [5.74, 6) is -1.36. The first kappa shape index (κ1) is 16.2. The molecule has 1 aliphatic carbocycles. The Morgan fingerprint density at radius 1 is 1.46 bits per heavy atom. The Morgan fingerprint density at radius 3 is 2.92 bits per heavy atom. The lowest BCUT2D eigenvalue weighted by Gasteiger charge is -2.30. The van der Waals surface area contributed by atoms with E-state index < -0.39 is 11.5 Å². The van der Waals surface area contributed by atoms with E-state index in [0.717, 1.165) is 18.4 Å². The van der Waals surface area contributed by atoms with Gasteiger partial charge >= 0.3 is 5.97 Å². The molecular formula is C18H21N3O3. The summed E-state index contributed by atoms with van der Waals surface area (Å²) >= 11 is 0. The summed E-state index contributed by atoms with van der Waals surface area (Å²) < 4.78 is 1.91. The van der Waals surface area contributed by atoms with E-state index in [1.54, 1.807) is 24.7 Å². The SMILES string of the molecule is CC1CCCC1(NC(=O)c1cccc(Cn2ccnc2)c1)C(=O)O. The second-order valence-corrected chi connectivity index (χ2v) is 6.46. The van der Waals surface area contributed by atoms with Crippen LogP contribution in [0.2, 0.25) is 0 Å². The fourth-order valence-corrected chi connectivity index (χ4v) is 3.41. The molecule has 1 aliphatic rings. The topological polar surface area (TPSA) is 84.2 Å². The van der Waals surface area contributed by atoms with Gasteiger partial charge in [-0.25, -0.2) is 9.78 Å². The van der Waals surface area contributed by atoms with E-state index in [1.807, 2.05) is 29.8 Å². The second-order valence-electron chi connectivity index (χ2n) is 6.46. The smallest absolute Gasteiger partial charge is 0.329 e. The van der Waals surface area contributed by atoms with Crippen LogP contribution in [0.3, 0.4) is 0 Å². The predicted molar refractivity (Wildman–Crippen MR) is 88.6 cm³/mol. The van der Waals surface area contributed by atoms with E-state index in [4.69, 9.17) is 0 Å². The summed E-state index contributed by atoms with van der Waals surface area (Å²) in [6.45, 7) is 2.50. The zero-order valence-electron chi connectivity index (χ0n) is 13.6. The maximum Gasteiger partial charge on any atom is 0.329 e. The molecule has 1 aromatic carbocycles. The predicted octanol–water partition coefficient (Wildman–Crippen LogP) is 2.30. The summed E-state index contributed by atoms with van der Waals surface area (Å²) in [5.41, 5.74) is 0.286. The van der Waals surface area contributed by atoms with Gasteiger partial charge in [0.1, 0.15) is 5.54 Å². The van der Waals surface area contributed by atoms with Gasteiger partial charge in [0.05, 0.1) is 6.33 Å². The highest BCUT2D eigenvalue weighted by Crippen LogP contribution is 2.36. The second kappa shape index (κ2) is 6.47. The molecule has 2 unspecified atom stereocenters. The minimum atomic E-state index is -1.16. The molecule has 0 radical (unpaired) electrons. The molecule has 1 heterocycles. The van der Waals surface area contributed by atoms with Gasteiger partial charge in [0.25, 0.3) is 5.91 Å². The van der Waals surface area contributed by atoms with Crippen molar-refractivity contribution >= 4 is 11.9 Å². The fraction of sp³-hybridized carbons (Fsp3) is 0.389. The molecule has 24 heavy (non-hydrogen) atoms. The quantitative estimate of drug-likeness (QED) is 0.882. The number of nitrogens with zero attached hydrogens (tertiary/aromatic N) is 2. The first-order valence-electron chi connectivity index (χ1n) is 8.12. The van der Waals surface area contributed by atoms with Crippen molar-refractivity contribution < 1.29 is 14.7 Å². The summed E-state index contributed by atoms with van der Waals surface area (Å²) in [6, 6.07) is 7.25. The molecule has 0 saturated heterocycles. The third-order valence-corrected chi connectivity index (χ3v) is 4.88. The summed E-state index contributed by atoms with van der Waals surface area (Å²) in [5, 5.41) is 12.4. The number of aromatic nitrogens is 2. The highest BCUT2D eigenvalue weighted by molar-refractivity contribution is 5.98. The van der Waals surface area contributed by atoms with Crippen LogP contribution in [0.1, 0.15) is 42.1 Å². The largest absolute Gasteiger partial charge is 0.479 e. The van der Waals surface area contributed by atoms with Gasteiger partial charge in [-0.05, 0) is 36.5 Å².